The van der Waals surface area contributed by atoms with Crippen LogP contribution in [0.15, 0.2) is 176 Å². The van der Waals surface area contributed by atoms with Crippen LogP contribution in [0.25, 0.3) is 102 Å². The van der Waals surface area contributed by atoms with Crippen LogP contribution in [0.5, 0.6) is 0 Å². The first-order valence-electron chi connectivity index (χ1n) is 17.2. The SMILES string of the molecule is c1ccc(-c2ccc(-c3cccc(-n4c5ccccc5c5c6c7ccccc7c7ccccc7c6c6c7ccccc7sc6c54)c3)cc2)cc1. The summed E-state index contributed by atoms with van der Waals surface area (Å²) in [4.78, 5) is 0. The van der Waals surface area contributed by atoms with Gasteiger partial charge in [-0.25, -0.2) is 0 Å². The van der Waals surface area contributed by atoms with Crippen molar-refractivity contribution >= 4 is 85.6 Å². The summed E-state index contributed by atoms with van der Waals surface area (Å²) in [5.74, 6) is 0. The van der Waals surface area contributed by atoms with Gasteiger partial charge in [0.15, 0.2) is 0 Å². The molecule has 0 saturated heterocycles. The van der Waals surface area contributed by atoms with Gasteiger partial charge >= 0.3 is 0 Å². The molecule has 0 spiro atoms. The zero-order valence-corrected chi connectivity index (χ0v) is 27.9. The number of thiophene rings is 1. The number of para-hydroxylation sites is 1. The van der Waals surface area contributed by atoms with E-state index < -0.39 is 0 Å². The van der Waals surface area contributed by atoms with Crippen LogP contribution in [0.4, 0.5) is 0 Å². The summed E-state index contributed by atoms with van der Waals surface area (Å²) in [6.45, 7) is 0. The Balaban J connectivity index is 1.29. The molecule has 11 rings (SSSR count). The second kappa shape index (κ2) is 10.6. The number of hydrogen-bond donors (Lipinski definition) is 0. The topological polar surface area (TPSA) is 4.93 Å². The van der Waals surface area contributed by atoms with Gasteiger partial charge in [-0.2, -0.15) is 0 Å². The molecular formula is C48H29NS. The van der Waals surface area contributed by atoms with Gasteiger partial charge in [0.1, 0.15) is 0 Å². The van der Waals surface area contributed by atoms with Gasteiger partial charge in [0.25, 0.3) is 0 Å². The molecule has 0 saturated carbocycles. The van der Waals surface area contributed by atoms with Crippen LogP contribution in [0, 0.1) is 0 Å². The molecule has 0 radical (unpaired) electrons. The normalized spacial score (nSPS) is 12.0. The van der Waals surface area contributed by atoms with Gasteiger partial charge in [-0.1, -0.05) is 152 Å². The van der Waals surface area contributed by atoms with Crippen molar-refractivity contribution < 1.29 is 0 Å². The Bertz CT molecular complexity index is 3130. The predicted molar refractivity (Wildman–Crippen MR) is 217 cm³/mol. The minimum atomic E-state index is 1.17. The van der Waals surface area contributed by atoms with E-state index in [1.807, 2.05) is 11.3 Å². The molecule has 232 valence electrons. The van der Waals surface area contributed by atoms with Crippen molar-refractivity contribution in [1.29, 1.82) is 0 Å². The van der Waals surface area contributed by atoms with E-state index in [-0.39, 0.29) is 0 Å². The minimum absolute atomic E-state index is 1.17. The molecule has 0 atom stereocenters. The Morgan fingerprint density at radius 1 is 0.340 bits per heavy atom. The highest BCUT2D eigenvalue weighted by molar-refractivity contribution is 7.27. The summed E-state index contributed by atoms with van der Waals surface area (Å²) in [6, 6.07) is 64.6. The lowest BCUT2D eigenvalue weighted by Gasteiger charge is -2.15. The lowest BCUT2D eigenvalue weighted by molar-refractivity contribution is 1.19. The lowest BCUT2D eigenvalue weighted by atomic mass is 9.89. The van der Waals surface area contributed by atoms with Crippen LogP contribution in [-0.4, -0.2) is 4.57 Å². The van der Waals surface area contributed by atoms with Gasteiger partial charge in [-0.3, -0.25) is 0 Å². The smallest absolute Gasteiger partial charge is 0.0726 e. The Kier molecular flexibility index (Phi) is 5.89. The fourth-order valence-corrected chi connectivity index (χ4v) is 9.66. The number of aromatic nitrogens is 1. The zero-order valence-electron chi connectivity index (χ0n) is 27.1. The highest BCUT2D eigenvalue weighted by Crippen LogP contribution is 2.51. The largest absolute Gasteiger partial charge is 0.308 e. The molecule has 2 heteroatoms. The monoisotopic (exact) mass is 651 g/mol. The summed E-state index contributed by atoms with van der Waals surface area (Å²) < 4.78 is 5.19. The maximum atomic E-state index is 2.54. The Hall–Kier alpha value is -6.22. The van der Waals surface area contributed by atoms with E-state index in [4.69, 9.17) is 0 Å². The maximum absolute atomic E-state index is 2.54. The van der Waals surface area contributed by atoms with E-state index in [0.29, 0.717) is 0 Å². The number of fused-ring (bicyclic) bond motifs is 15. The van der Waals surface area contributed by atoms with E-state index in [2.05, 4.69) is 180 Å². The predicted octanol–water partition coefficient (Wildman–Crippen LogP) is 13.9. The highest BCUT2D eigenvalue weighted by atomic mass is 32.1. The fraction of sp³-hybridized carbons (Fsp3) is 0. The first kappa shape index (κ1) is 27.7. The summed E-state index contributed by atoms with van der Waals surface area (Å²) >= 11 is 1.92. The highest BCUT2D eigenvalue weighted by Gasteiger charge is 2.24. The van der Waals surface area contributed by atoms with Crippen molar-refractivity contribution in [3.05, 3.63) is 176 Å². The Morgan fingerprint density at radius 2 is 0.860 bits per heavy atom. The second-order valence-corrected chi connectivity index (χ2v) is 14.3. The zero-order chi connectivity index (χ0) is 32.8. The molecule has 0 fully saturated rings. The average molecular weight is 652 g/mol. The van der Waals surface area contributed by atoms with Gasteiger partial charge in [0.2, 0.25) is 0 Å². The molecule has 2 heterocycles. The van der Waals surface area contributed by atoms with Crippen LogP contribution >= 0.6 is 11.3 Å². The van der Waals surface area contributed by atoms with Crippen molar-refractivity contribution in [2.45, 2.75) is 0 Å². The van der Waals surface area contributed by atoms with Crippen LogP contribution in [-0.2, 0) is 0 Å². The van der Waals surface area contributed by atoms with Gasteiger partial charge in [0, 0.05) is 42.7 Å². The standard InChI is InChI=1S/C48H29NS/c1-2-13-30(14-3-1)31-25-27-32(28-26-31)33-15-12-16-34(29-33)49-41-23-10-8-21-39(41)45-43-37-19-6-4-17-35(37)36-18-5-7-20-38(36)44(43)46-40-22-9-11-24-42(40)50-48(46)47(45)49/h1-29H. The summed E-state index contributed by atoms with van der Waals surface area (Å²) in [6.07, 6.45) is 0. The van der Waals surface area contributed by atoms with Crippen molar-refractivity contribution in [3.63, 3.8) is 0 Å². The van der Waals surface area contributed by atoms with E-state index in [0.717, 1.165) is 0 Å². The molecule has 11 aromatic rings. The average Bonchev–Trinajstić information content (AvgIpc) is 3.75. The summed E-state index contributed by atoms with van der Waals surface area (Å²) in [7, 11) is 0. The summed E-state index contributed by atoms with van der Waals surface area (Å²) in [5.41, 5.74) is 8.56. The van der Waals surface area contributed by atoms with Gasteiger partial charge < -0.3 is 4.57 Å². The quantitative estimate of drug-likeness (QED) is 0.168. The molecule has 0 bridgehead atoms. The third kappa shape index (κ3) is 3.88. The lowest BCUT2D eigenvalue weighted by Crippen LogP contribution is -1.95. The second-order valence-electron chi connectivity index (χ2n) is 13.2. The van der Waals surface area contributed by atoms with E-state index in [9.17, 15) is 0 Å². The minimum Gasteiger partial charge on any atom is -0.308 e. The molecule has 0 amide bonds. The van der Waals surface area contributed by atoms with Crippen molar-refractivity contribution in [1.82, 2.24) is 4.57 Å². The molecule has 0 aliphatic heterocycles. The molecule has 0 aliphatic rings. The maximum Gasteiger partial charge on any atom is 0.0726 e. The van der Waals surface area contributed by atoms with Gasteiger partial charge in [-0.15, -0.1) is 11.3 Å². The number of nitrogens with zero attached hydrogens (tertiary/aromatic N) is 1. The number of benzene rings is 9. The molecular weight excluding hydrogens is 623 g/mol. The molecule has 0 unspecified atom stereocenters. The molecule has 0 N–H and O–H groups in total. The van der Waals surface area contributed by atoms with Gasteiger partial charge in [-0.05, 0) is 68.1 Å². The van der Waals surface area contributed by atoms with E-state index >= 15 is 0 Å². The Morgan fingerprint density at radius 3 is 1.58 bits per heavy atom. The van der Waals surface area contributed by atoms with Crippen molar-refractivity contribution in [2.24, 2.45) is 0 Å². The van der Waals surface area contributed by atoms with E-state index in [1.54, 1.807) is 0 Å². The molecule has 9 aromatic carbocycles. The summed E-state index contributed by atoms with van der Waals surface area (Å²) in [5, 5.41) is 13.2. The van der Waals surface area contributed by atoms with E-state index in [1.165, 1.54) is 102 Å². The third-order valence-electron chi connectivity index (χ3n) is 10.5. The molecule has 1 nitrogen and oxygen atoms in total. The van der Waals surface area contributed by atoms with Crippen LogP contribution in [0.1, 0.15) is 0 Å². The molecule has 0 aliphatic carbocycles. The number of rotatable bonds is 3. The van der Waals surface area contributed by atoms with Gasteiger partial charge in [0.05, 0.1) is 15.7 Å². The fourth-order valence-electron chi connectivity index (χ4n) is 8.41. The third-order valence-corrected chi connectivity index (χ3v) is 11.7. The molecule has 2 aromatic heterocycles. The van der Waals surface area contributed by atoms with Crippen molar-refractivity contribution in [3.8, 4) is 27.9 Å². The van der Waals surface area contributed by atoms with Crippen LogP contribution in [0.3, 0.4) is 0 Å². The van der Waals surface area contributed by atoms with Crippen LogP contribution in [0.2, 0.25) is 0 Å². The first-order valence-corrected chi connectivity index (χ1v) is 18.0. The first-order chi connectivity index (χ1) is 24.8. The molecule has 50 heavy (non-hydrogen) atoms. The van der Waals surface area contributed by atoms with Crippen LogP contribution < -0.4 is 0 Å². The number of hydrogen-bond acceptors (Lipinski definition) is 1. The van der Waals surface area contributed by atoms with Crippen molar-refractivity contribution in [2.75, 3.05) is 0 Å². The Labute approximate surface area is 292 Å².